The van der Waals surface area contributed by atoms with Crippen molar-refractivity contribution in [3.8, 4) is 0 Å². The molecule has 0 spiro atoms. The van der Waals surface area contributed by atoms with Gasteiger partial charge in [-0.15, -0.1) is 0 Å². The summed E-state index contributed by atoms with van der Waals surface area (Å²) in [4.78, 5) is 33.8. The lowest BCUT2D eigenvalue weighted by Crippen LogP contribution is -2.44. The Hall–Kier alpha value is -3.28. The van der Waals surface area contributed by atoms with Gasteiger partial charge >= 0.3 is 0 Å². The van der Waals surface area contributed by atoms with E-state index in [4.69, 9.17) is 23.2 Å². The Morgan fingerprint density at radius 3 is 2.35 bits per heavy atom. The standard InChI is InChI=1S/C30H31Cl2N3O2/c1-21(2)18-35(30(37)23-8-4-3-5-9-23)20-29(36)34(19-22-12-13-26(31)27(32)16-22)15-14-24-17-33-28-11-7-6-10-25(24)28/h3-13,16-17,21,33H,14-15,18-20H2,1-2H3. The molecule has 0 unspecified atom stereocenters. The zero-order valence-electron chi connectivity index (χ0n) is 21.1. The van der Waals surface area contributed by atoms with Crippen LogP contribution >= 0.6 is 23.2 Å². The quantitative estimate of drug-likeness (QED) is 0.241. The summed E-state index contributed by atoms with van der Waals surface area (Å²) < 4.78 is 0. The minimum absolute atomic E-state index is 0.00111. The largest absolute Gasteiger partial charge is 0.361 e. The van der Waals surface area contributed by atoms with Gasteiger partial charge in [-0.05, 0) is 53.8 Å². The van der Waals surface area contributed by atoms with Crippen LogP contribution in [0.5, 0.6) is 0 Å². The van der Waals surface area contributed by atoms with Gasteiger partial charge in [-0.25, -0.2) is 0 Å². The predicted molar refractivity (Wildman–Crippen MR) is 151 cm³/mol. The van der Waals surface area contributed by atoms with Gasteiger partial charge < -0.3 is 14.8 Å². The Bertz CT molecular complexity index is 1370. The molecule has 0 aliphatic rings. The van der Waals surface area contributed by atoms with E-state index in [1.54, 1.807) is 34.1 Å². The second kappa shape index (κ2) is 12.3. The summed E-state index contributed by atoms with van der Waals surface area (Å²) in [6.45, 7) is 5.44. The van der Waals surface area contributed by atoms with Crippen LogP contribution in [-0.4, -0.2) is 46.2 Å². The van der Waals surface area contributed by atoms with Crippen LogP contribution in [0.15, 0.2) is 79.0 Å². The minimum atomic E-state index is -0.145. The van der Waals surface area contributed by atoms with Crippen molar-refractivity contribution in [3.63, 3.8) is 0 Å². The summed E-state index contributed by atoms with van der Waals surface area (Å²) in [5.41, 5.74) is 3.66. The number of hydrogen-bond donors (Lipinski definition) is 1. The van der Waals surface area contributed by atoms with Gasteiger partial charge in [0.05, 0.1) is 10.0 Å². The van der Waals surface area contributed by atoms with Gasteiger partial charge in [-0.3, -0.25) is 9.59 Å². The number of rotatable bonds is 10. The highest BCUT2D eigenvalue weighted by molar-refractivity contribution is 6.42. The van der Waals surface area contributed by atoms with E-state index in [-0.39, 0.29) is 24.3 Å². The fraction of sp³-hybridized carbons (Fsp3) is 0.267. The monoisotopic (exact) mass is 535 g/mol. The van der Waals surface area contributed by atoms with E-state index in [1.807, 2.05) is 62.5 Å². The molecule has 5 nitrogen and oxygen atoms in total. The molecule has 0 aliphatic heterocycles. The molecular formula is C30H31Cl2N3O2. The Labute approximate surface area is 228 Å². The number of H-pyrrole nitrogens is 1. The number of benzene rings is 3. The SMILES string of the molecule is CC(C)CN(CC(=O)N(CCc1c[nH]c2ccccc12)Cc1ccc(Cl)c(Cl)c1)C(=O)c1ccccc1. The van der Waals surface area contributed by atoms with Gasteiger partial charge in [-0.2, -0.15) is 0 Å². The number of aromatic amines is 1. The number of aromatic nitrogens is 1. The summed E-state index contributed by atoms with van der Waals surface area (Å²) in [6.07, 6.45) is 2.67. The summed E-state index contributed by atoms with van der Waals surface area (Å²) in [5, 5.41) is 2.06. The highest BCUT2D eigenvalue weighted by atomic mass is 35.5. The van der Waals surface area contributed by atoms with Crippen molar-refractivity contribution in [2.75, 3.05) is 19.6 Å². The van der Waals surface area contributed by atoms with E-state index in [9.17, 15) is 9.59 Å². The van der Waals surface area contributed by atoms with Gasteiger partial charge in [0.1, 0.15) is 6.54 Å². The predicted octanol–water partition coefficient (Wildman–Crippen LogP) is 6.84. The number of carbonyl (C=O) groups is 2. The first-order chi connectivity index (χ1) is 17.8. The van der Waals surface area contributed by atoms with Crippen LogP contribution in [0.2, 0.25) is 10.0 Å². The Balaban J connectivity index is 1.56. The Kier molecular flexibility index (Phi) is 8.91. The van der Waals surface area contributed by atoms with Crippen LogP contribution in [0.3, 0.4) is 0 Å². The van der Waals surface area contributed by atoms with Gasteiger partial charge in [-0.1, -0.05) is 79.5 Å². The van der Waals surface area contributed by atoms with Crippen molar-refractivity contribution in [1.82, 2.24) is 14.8 Å². The Morgan fingerprint density at radius 1 is 0.892 bits per heavy atom. The molecular weight excluding hydrogens is 505 g/mol. The third-order valence-electron chi connectivity index (χ3n) is 6.26. The molecule has 0 bridgehead atoms. The van der Waals surface area contributed by atoms with Crippen molar-refractivity contribution in [1.29, 1.82) is 0 Å². The molecule has 0 fully saturated rings. The number of halogens is 2. The van der Waals surface area contributed by atoms with Crippen LogP contribution in [0.25, 0.3) is 10.9 Å². The molecule has 4 aromatic rings. The number of carbonyl (C=O) groups excluding carboxylic acids is 2. The van der Waals surface area contributed by atoms with Crippen LogP contribution in [0.1, 0.15) is 35.3 Å². The third kappa shape index (κ3) is 6.94. The van der Waals surface area contributed by atoms with E-state index >= 15 is 0 Å². The number of para-hydroxylation sites is 1. The minimum Gasteiger partial charge on any atom is -0.361 e. The average Bonchev–Trinajstić information content (AvgIpc) is 3.31. The maximum absolute atomic E-state index is 13.7. The summed E-state index contributed by atoms with van der Waals surface area (Å²) in [5.74, 6) is -0.0418. The summed E-state index contributed by atoms with van der Waals surface area (Å²) >= 11 is 12.4. The van der Waals surface area contributed by atoms with Crippen LogP contribution in [0.4, 0.5) is 0 Å². The normalized spacial score (nSPS) is 11.2. The lowest BCUT2D eigenvalue weighted by molar-refractivity contribution is -0.132. The molecule has 0 atom stereocenters. The van der Waals surface area contributed by atoms with E-state index < -0.39 is 0 Å². The number of hydrogen-bond acceptors (Lipinski definition) is 2. The first-order valence-electron chi connectivity index (χ1n) is 12.4. The van der Waals surface area contributed by atoms with E-state index in [0.717, 1.165) is 22.0 Å². The molecule has 1 heterocycles. The lowest BCUT2D eigenvalue weighted by Gasteiger charge is -2.29. The second-order valence-electron chi connectivity index (χ2n) is 9.62. The summed E-state index contributed by atoms with van der Waals surface area (Å²) in [6, 6.07) is 22.6. The lowest BCUT2D eigenvalue weighted by atomic mass is 10.1. The maximum Gasteiger partial charge on any atom is 0.254 e. The smallest absolute Gasteiger partial charge is 0.254 e. The van der Waals surface area contributed by atoms with Crippen molar-refractivity contribution >= 4 is 45.9 Å². The zero-order valence-corrected chi connectivity index (χ0v) is 22.6. The van der Waals surface area contributed by atoms with Gasteiger partial charge in [0, 0.05) is 42.3 Å². The van der Waals surface area contributed by atoms with Crippen molar-refractivity contribution in [2.24, 2.45) is 5.92 Å². The van der Waals surface area contributed by atoms with Crippen molar-refractivity contribution in [3.05, 3.63) is 106 Å². The molecule has 2 amide bonds. The zero-order chi connectivity index (χ0) is 26.4. The van der Waals surface area contributed by atoms with E-state index in [0.29, 0.717) is 41.7 Å². The maximum atomic E-state index is 13.7. The topological polar surface area (TPSA) is 56.4 Å². The van der Waals surface area contributed by atoms with E-state index in [2.05, 4.69) is 11.1 Å². The molecule has 1 aromatic heterocycles. The first-order valence-corrected chi connectivity index (χ1v) is 13.2. The van der Waals surface area contributed by atoms with Crippen molar-refractivity contribution in [2.45, 2.75) is 26.8 Å². The molecule has 7 heteroatoms. The summed E-state index contributed by atoms with van der Waals surface area (Å²) in [7, 11) is 0. The fourth-order valence-electron chi connectivity index (χ4n) is 4.43. The molecule has 3 aromatic carbocycles. The molecule has 1 N–H and O–H groups in total. The average molecular weight is 537 g/mol. The van der Waals surface area contributed by atoms with Crippen LogP contribution in [0, 0.1) is 5.92 Å². The Morgan fingerprint density at radius 2 is 1.62 bits per heavy atom. The number of amides is 2. The molecule has 37 heavy (non-hydrogen) atoms. The highest BCUT2D eigenvalue weighted by Gasteiger charge is 2.23. The third-order valence-corrected chi connectivity index (χ3v) is 6.99. The van der Waals surface area contributed by atoms with Crippen LogP contribution in [-0.2, 0) is 17.8 Å². The number of fused-ring (bicyclic) bond motifs is 1. The molecule has 192 valence electrons. The molecule has 0 radical (unpaired) electrons. The molecule has 0 aliphatic carbocycles. The first kappa shape index (κ1) is 26.8. The number of nitrogens with zero attached hydrogens (tertiary/aromatic N) is 2. The molecule has 0 saturated carbocycles. The number of nitrogens with one attached hydrogen (secondary N) is 1. The van der Waals surface area contributed by atoms with E-state index in [1.165, 1.54) is 0 Å². The molecule has 0 saturated heterocycles. The van der Waals surface area contributed by atoms with Gasteiger partial charge in [0.25, 0.3) is 5.91 Å². The van der Waals surface area contributed by atoms with Crippen molar-refractivity contribution < 1.29 is 9.59 Å². The van der Waals surface area contributed by atoms with Crippen LogP contribution < -0.4 is 0 Å². The van der Waals surface area contributed by atoms with Gasteiger partial charge in [0.2, 0.25) is 5.91 Å². The highest BCUT2D eigenvalue weighted by Crippen LogP contribution is 2.24. The fourth-order valence-corrected chi connectivity index (χ4v) is 4.75. The molecule has 4 rings (SSSR count). The van der Waals surface area contributed by atoms with Gasteiger partial charge in [0.15, 0.2) is 0 Å². The second-order valence-corrected chi connectivity index (χ2v) is 10.4.